The van der Waals surface area contributed by atoms with Gasteiger partial charge in [0.25, 0.3) is 5.24 Å². The summed E-state index contributed by atoms with van der Waals surface area (Å²) < 4.78 is 0. The predicted molar refractivity (Wildman–Crippen MR) is 40.5 cm³/mol. The number of carboxylic acid groups (broad SMARTS) is 2. The minimum Gasteiger partial charge on any atom is -0.550 e. The maximum atomic E-state index is 10.3. The molecule has 0 aromatic carbocycles. The van der Waals surface area contributed by atoms with Crippen LogP contribution in [0.4, 0.5) is 4.79 Å². The van der Waals surface area contributed by atoms with Gasteiger partial charge in [0.05, 0.1) is 12.0 Å². The summed E-state index contributed by atoms with van der Waals surface area (Å²) in [6.07, 6.45) is 0. The van der Waals surface area contributed by atoms with E-state index in [1.165, 1.54) is 0 Å². The number of aliphatic carboxylic acids is 2. The Balaban J connectivity index is 0. The van der Waals surface area contributed by atoms with Crippen LogP contribution in [0.15, 0.2) is 0 Å². The van der Waals surface area contributed by atoms with Crippen molar-refractivity contribution in [1.29, 1.82) is 0 Å². The summed E-state index contributed by atoms with van der Waals surface area (Å²) in [4.78, 5) is 29.2. The summed E-state index contributed by atoms with van der Waals surface area (Å²) in [6.45, 7) is 0.972. The molecule has 1 amide bonds. The molecule has 1 aliphatic rings. The number of rotatable bonds is 1. The van der Waals surface area contributed by atoms with Crippen LogP contribution in [0.2, 0.25) is 0 Å². The number of thioether (sulfide) groups is 1. The van der Waals surface area contributed by atoms with Crippen LogP contribution in [0, 0.1) is 0 Å². The Bertz CT molecular complexity index is 230. The molecule has 1 N–H and O–H groups in total. The number of amides is 1. The van der Waals surface area contributed by atoms with E-state index in [4.69, 9.17) is 9.90 Å². The number of hydrogen-bond donors (Lipinski definition) is 1. The van der Waals surface area contributed by atoms with Crippen LogP contribution in [0.5, 0.6) is 0 Å². The molecule has 8 heteroatoms. The third-order valence-electron chi connectivity index (χ3n) is 0.958. The van der Waals surface area contributed by atoms with Crippen molar-refractivity contribution in [2.45, 2.75) is 13.0 Å². The summed E-state index contributed by atoms with van der Waals surface area (Å²) in [6, 6.07) is -0.789. The van der Waals surface area contributed by atoms with Gasteiger partial charge in [0.1, 0.15) is 0 Å². The fraction of sp³-hybridized carbons (Fsp3) is 0.500. The average Bonchev–Trinajstić information content (AvgIpc) is 2.34. The van der Waals surface area contributed by atoms with E-state index in [9.17, 15) is 14.7 Å². The van der Waals surface area contributed by atoms with E-state index in [0.29, 0.717) is 0 Å². The van der Waals surface area contributed by atoms with E-state index < -0.39 is 18.0 Å². The van der Waals surface area contributed by atoms with Gasteiger partial charge in [0.2, 0.25) is 0 Å². The van der Waals surface area contributed by atoms with Crippen LogP contribution >= 0.6 is 11.8 Å². The van der Waals surface area contributed by atoms with Crippen molar-refractivity contribution in [2.24, 2.45) is 0 Å². The van der Waals surface area contributed by atoms with E-state index in [1.807, 2.05) is 0 Å². The van der Waals surface area contributed by atoms with E-state index in [0.717, 1.165) is 18.7 Å². The van der Waals surface area contributed by atoms with Gasteiger partial charge in [0.15, 0.2) is 0 Å². The molecule has 0 bridgehead atoms. The second-order valence-electron chi connectivity index (χ2n) is 2.11. The Labute approximate surface area is 94.9 Å². The fourth-order valence-corrected chi connectivity index (χ4v) is 1.27. The van der Waals surface area contributed by atoms with Crippen molar-refractivity contribution in [3.8, 4) is 0 Å². The maximum absolute atomic E-state index is 10.3. The molecular formula is C6H7CuNO5S. The number of nitrogens with one attached hydrogen (secondary N) is 1. The average molecular weight is 269 g/mol. The molecule has 1 atom stereocenters. The van der Waals surface area contributed by atoms with E-state index in [-0.39, 0.29) is 28.1 Å². The topological polar surface area (TPSA) is 109 Å². The minimum atomic E-state index is -1.21. The Hall–Kier alpha value is -0.721. The molecule has 0 saturated carbocycles. The molecule has 14 heavy (non-hydrogen) atoms. The third-order valence-corrected chi connectivity index (χ3v) is 1.84. The Morgan fingerprint density at radius 1 is 1.50 bits per heavy atom. The van der Waals surface area contributed by atoms with Gasteiger partial charge in [-0.05, 0) is 6.92 Å². The smallest absolute Gasteiger partial charge is 0.550 e. The predicted octanol–water partition coefficient (Wildman–Crippen LogP) is -2.68. The van der Waals surface area contributed by atoms with Crippen LogP contribution in [0.25, 0.3) is 0 Å². The van der Waals surface area contributed by atoms with Gasteiger partial charge in [-0.25, -0.2) is 0 Å². The van der Waals surface area contributed by atoms with Crippen molar-refractivity contribution in [1.82, 2.24) is 5.32 Å². The van der Waals surface area contributed by atoms with Gasteiger partial charge in [-0.2, -0.15) is 0 Å². The van der Waals surface area contributed by atoms with Gasteiger partial charge in [-0.3, -0.25) is 4.79 Å². The number of carboxylic acids is 2. The molecule has 83 valence electrons. The van der Waals surface area contributed by atoms with Crippen molar-refractivity contribution < 1.29 is 41.7 Å². The fourth-order valence-electron chi connectivity index (χ4n) is 0.512. The van der Waals surface area contributed by atoms with Gasteiger partial charge in [0, 0.05) is 11.7 Å². The molecule has 1 heterocycles. The van der Waals surface area contributed by atoms with Gasteiger partial charge >= 0.3 is 17.1 Å². The van der Waals surface area contributed by atoms with Crippen LogP contribution in [0.1, 0.15) is 6.92 Å². The third kappa shape index (κ3) is 7.90. The van der Waals surface area contributed by atoms with Crippen molar-refractivity contribution in [2.75, 3.05) is 5.75 Å². The number of hydrogen-bond acceptors (Lipinski definition) is 6. The zero-order valence-electron chi connectivity index (χ0n) is 7.04. The van der Waals surface area contributed by atoms with Crippen LogP contribution in [-0.4, -0.2) is 29.0 Å². The molecule has 0 aromatic rings. The summed E-state index contributed by atoms with van der Waals surface area (Å²) in [5.41, 5.74) is 0. The van der Waals surface area contributed by atoms with Gasteiger partial charge in [-0.15, -0.1) is 0 Å². The van der Waals surface area contributed by atoms with Crippen LogP contribution < -0.4 is 15.5 Å². The summed E-state index contributed by atoms with van der Waals surface area (Å²) >= 11 is 0.963. The molecule has 1 rings (SSSR count). The quantitative estimate of drug-likeness (QED) is 0.519. The first-order valence-electron chi connectivity index (χ1n) is 3.25. The molecule has 1 fully saturated rings. The van der Waals surface area contributed by atoms with Crippen molar-refractivity contribution in [3.63, 3.8) is 0 Å². The van der Waals surface area contributed by atoms with Crippen LogP contribution in [-0.2, 0) is 26.7 Å². The Morgan fingerprint density at radius 3 is 2.07 bits per heavy atom. The van der Waals surface area contributed by atoms with E-state index >= 15 is 0 Å². The van der Waals surface area contributed by atoms with Gasteiger partial charge in [-0.1, -0.05) is 11.8 Å². The number of carbonyl (C=O) groups is 3. The Morgan fingerprint density at radius 2 is 1.93 bits per heavy atom. The maximum Gasteiger partial charge on any atom is 2.00 e. The number of carbonyl (C=O) groups excluding carboxylic acids is 3. The first kappa shape index (κ1) is 15.7. The SMILES string of the molecule is CC(=O)[O-].O=C1NC(C(=O)[O-])CS1.[Cu+2]. The molecule has 0 aromatic heterocycles. The molecule has 1 aliphatic heterocycles. The molecule has 6 nitrogen and oxygen atoms in total. The Kier molecular flexibility index (Phi) is 8.61. The second kappa shape index (κ2) is 7.66. The summed E-state index contributed by atoms with van der Waals surface area (Å²) in [7, 11) is 0. The van der Waals surface area contributed by atoms with E-state index in [2.05, 4.69) is 5.32 Å². The minimum absolute atomic E-state index is 0. The zero-order valence-corrected chi connectivity index (χ0v) is 8.79. The molecule has 1 radical (unpaired) electrons. The van der Waals surface area contributed by atoms with E-state index in [1.54, 1.807) is 0 Å². The zero-order chi connectivity index (χ0) is 10.4. The summed E-state index contributed by atoms with van der Waals surface area (Å²) in [5.74, 6) is -2.02. The first-order chi connectivity index (χ1) is 5.93. The van der Waals surface area contributed by atoms with Crippen molar-refractivity contribution in [3.05, 3.63) is 0 Å². The second-order valence-corrected chi connectivity index (χ2v) is 3.10. The monoisotopic (exact) mass is 268 g/mol. The first-order valence-corrected chi connectivity index (χ1v) is 4.23. The molecule has 1 saturated heterocycles. The normalized spacial score (nSPS) is 18.4. The summed E-state index contributed by atoms with van der Waals surface area (Å²) in [5, 5.41) is 20.8. The molecule has 1 unspecified atom stereocenters. The standard InChI is InChI=1S/C4H5NO3S.C2H4O2.Cu/c6-3(7)2-1-9-4(8)5-2;1-2(3)4;/h2H,1H2,(H,5,8)(H,6,7);1H3,(H,3,4);/q;;+2/p-2. The molecule has 0 spiro atoms. The van der Waals surface area contributed by atoms with Crippen molar-refractivity contribution >= 4 is 28.9 Å². The molecule has 0 aliphatic carbocycles. The molecular weight excluding hydrogens is 262 g/mol. The van der Waals surface area contributed by atoms with Gasteiger partial charge < -0.3 is 25.1 Å². The van der Waals surface area contributed by atoms with Crippen LogP contribution in [0.3, 0.4) is 0 Å². The largest absolute Gasteiger partial charge is 2.00 e.